The van der Waals surface area contributed by atoms with E-state index >= 15 is 0 Å². The highest BCUT2D eigenvalue weighted by atomic mass is 35.5. The Morgan fingerprint density at radius 1 is 1.18 bits per heavy atom. The third-order valence-corrected chi connectivity index (χ3v) is 3.35. The highest BCUT2D eigenvalue weighted by Crippen LogP contribution is 2.39. The van der Waals surface area contributed by atoms with Crippen LogP contribution in [0.4, 0.5) is 0 Å². The van der Waals surface area contributed by atoms with E-state index in [1.54, 1.807) is 0 Å². The molecule has 2 aromatic carbocycles. The number of carbonyl (C=O) groups is 1. The monoisotopic (exact) mass is 244 g/mol. The lowest BCUT2D eigenvalue weighted by molar-refractivity contribution is -0.105. The van der Waals surface area contributed by atoms with Crippen LogP contribution in [0.3, 0.4) is 0 Å². The van der Waals surface area contributed by atoms with Crippen LogP contribution >= 0.6 is 11.6 Å². The average Bonchev–Trinajstić information content (AvgIpc) is 2.38. The van der Waals surface area contributed by atoms with Crippen LogP contribution in [0.1, 0.15) is 5.56 Å². The standard InChI is InChI=1S/C14H9ClO2/c15-14-10(7-16)8-17-12-6-5-9-3-1-2-4-11(9)13(12)14/h1-7H,8H2. The van der Waals surface area contributed by atoms with E-state index in [9.17, 15) is 4.79 Å². The van der Waals surface area contributed by atoms with Gasteiger partial charge in [0.05, 0.1) is 5.03 Å². The number of rotatable bonds is 1. The smallest absolute Gasteiger partial charge is 0.150 e. The zero-order valence-electron chi connectivity index (χ0n) is 8.94. The first-order chi connectivity index (χ1) is 8.31. The van der Waals surface area contributed by atoms with Gasteiger partial charge in [0.25, 0.3) is 0 Å². The van der Waals surface area contributed by atoms with Gasteiger partial charge in [0.15, 0.2) is 6.29 Å². The molecule has 3 heteroatoms. The average molecular weight is 245 g/mol. The molecule has 3 rings (SSSR count). The van der Waals surface area contributed by atoms with Gasteiger partial charge in [-0.1, -0.05) is 41.9 Å². The van der Waals surface area contributed by atoms with Crippen LogP contribution in [0.2, 0.25) is 0 Å². The normalized spacial score (nSPS) is 14.4. The number of hydrogen-bond acceptors (Lipinski definition) is 2. The first-order valence-electron chi connectivity index (χ1n) is 5.30. The number of fused-ring (bicyclic) bond motifs is 3. The number of benzene rings is 2. The van der Waals surface area contributed by atoms with Crippen molar-refractivity contribution < 1.29 is 9.53 Å². The maximum absolute atomic E-state index is 10.9. The molecule has 0 amide bonds. The van der Waals surface area contributed by atoms with Crippen molar-refractivity contribution in [2.24, 2.45) is 0 Å². The van der Waals surface area contributed by atoms with Crippen LogP contribution in [0, 0.1) is 0 Å². The minimum absolute atomic E-state index is 0.244. The van der Waals surface area contributed by atoms with Gasteiger partial charge in [-0.25, -0.2) is 0 Å². The number of carbonyl (C=O) groups excluding carboxylic acids is 1. The Morgan fingerprint density at radius 3 is 2.82 bits per heavy atom. The van der Waals surface area contributed by atoms with Gasteiger partial charge < -0.3 is 4.74 Å². The molecule has 0 radical (unpaired) electrons. The summed E-state index contributed by atoms with van der Waals surface area (Å²) >= 11 is 6.26. The first-order valence-corrected chi connectivity index (χ1v) is 5.68. The SMILES string of the molecule is O=CC1=C(Cl)c2c(ccc3ccccc23)OC1. The van der Waals surface area contributed by atoms with E-state index in [2.05, 4.69) is 0 Å². The van der Waals surface area contributed by atoms with Crippen molar-refractivity contribution in [2.45, 2.75) is 0 Å². The molecular weight excluding hydrogens is 236 g/mol. The Morgan fingerprint density at radius 2 is 2.00 bits per heavy atom. The fourth-order valence-electron chi connectivity index (χ4n) is 2.06. The van der Waals surface area contributed by atoms with E-state index in [-0.39, 0.29) is 6.61 Å². The van der Waals surface area contributed by atoms with Crippen molar-refractivity contribution in [1.29, 1.82) is 0 Å². The summed E-state index contributed by atoms with van der Waals surface area (Å²) in [7, 11) is 0. The summed E-state index contributed by atoms with van der Waals surface area (Å²) < 4.78 is 5.53. The molecule has 0 saturated carbocycles. The van der Waals surface area contributed by atoms with Gasteiger partial charge in [-0.15, -0.1) is 0 Å². The zero-order valence-corrected chi connectivity index (χ0v) is 9.70. The van der Waals surface area contributed by atoms with E-state index in [4.69, 9.17) is 16.3 Å². The summed E-state index contributed by atoms with van der Waals surface area (Å²) in [5.41, 5.74) is 1.31. The van der Waals surface area contributed by atoms with E-state index < -0.39 is 0 Å². The Bertz CT molecular complexity index is 644. The number of halogens is 1. The largest absolute Gasteiger partial charge is 0.488 e. The predicted octanol–water partition coefficient (Wildman–Crippen LogP) is 3.38. The minimum atomic E-state index is 0.244. The fraction of sp³-hybridized carbons (Fsp3) is 0.0714. The molecule has 1 aliphatic heterocycles. The van der Waals surface area contributed by atoms with Crippen LogP contribution in [-0.2, 0) is 4.79 Å². The summed E-state index contributed by atoms with van der Waals surface area (Å²) in [6, 6.07) is 11.8. The summed E-state index contributed by atoms with van der Waals surface area (Å²) in [6.45, 7) is 0.244. The Balaban J connectivity index is 2.40. The van der Waals surface area contributed by atoms with Gasteiger partial charge in [0, 0.05) is 11.1 Å². The molecular formula is C14H9ClO2. The highest BCUT2D eigenvalue weighted by molar-refractivity contribution is 6.52. The third kappa shape index (κ3) is 1.53. The van der Waals surface area contributed by atoms with Crippen molar-refractivity contribution in [3.05, 3.63) is 47.5 Å². The number of hydrogen-bond donors (Lipinski definition) is 0. The molecule has 0 unspecified atom stereocenters. The molecule has 1 aliphatic rings. The second-order valence-electron chi connectivity index (χ2n) is 3.91. The van der Waals surface area contributed by atoms with Gasteiger partial charge in [-0.05, 0) is 16.8 Å². The summed E-state index contributed by atoms with van der Waals surface area (Å²) in [5, 5.41) is 2.59. The third-order valence-electron chi connectivity index (χ3n) is 2.92. The lowest BCUT2D eigenvalue weighted by atomic mass is 10.00. The van der Waals surface area contributed by atoms with E-state index in [1.807, 2.05) is 36.4 Å². The molecule has 2 aromatic rings. The Labute approximate surface area is 103 Å². The maximum Gasteiger partial charge on any atom is 0.150 e. The van der Waals surface area contributed by atoms with Crippen molar-refractivity contribution in [2.75, 3.05) is 6.61 Å². The number of ether oxygens (including phenoxy) is 1. The van der Waals surface area contributed by atoms with Crippen LogP contribution in [0.5, 0.6) is 5.75 Å². The van der Waals surface area contributed by atoms with Crippen LogP contribution in [0.15, 0.2) is 42.0 Å². The van der Waals surface area contributed by atoms with E-state index in [0.717, 1.165) is 28.4 Å². The molecule has 0 saturated heterocycles. The van der Waals surface area contributed by atoms with Crippen molar-refractivity contribution in [3.63, 3.8) is 0 Å². The highest BCUT2D eigenvalue weighted by Gasteiger charge is 2.20. The molecule has 1 heterocycles. The molecule has 17 heavy (non-hydrogen) atoms. The Kier molecular flexibility index (Phi) is 2.37. The molecule has 0 aliphatic carbocycles. The molecule has 0 aromatic heterocycles. The zero-order chi connectivity index (χ0) is 11.8. The van der Waals surface area contributed by atoms with Crippen molar-refractivity contribution in [1.82, 2.24) is 0 Å². The minimum Gasteiger partial charge on any atom is -0.488 e. The van der Waals surface area contributed by atoms with E-state index in [0.29, 0.717) is 10.6 Å². The molecule has 0 fully saturated rings. The van der Waals surface area contributed by atoms with Gasteiger partial charge in [-0.2, -0.15) is 0 Å². The molecule has 0 N–H and O–H groups in total. The lowest BCUT2D eigenvalue weighted by Crippen LogP contribution is -2.10. The maximum atomic E-state index is 10.9. The Hall–Kier alpha value is -1.80. The summed E-state index contributed by atoms with van der Waals surface area (Å²) in [4.78, 5) is 10.9. The van der Waals surface area contributed by atoms with E-state index in [1.165, 1.54) is 0 Å². The summed E-state index contributed by atoms with van der Waals surface area (Å²) in [5.74, 6) is 0.735. The van der Waals surface area contributed by atoms with Gasteiger partial charge in [0.2, 0.25) is 0 Å². The van der Waals surface area contributed by atoms with Crippen molar-refractivity contribution >= 4 is 33.7 Å². The molecule has 84 valence electrons. The molecule has 0 bridgehead atoms. The number of aldehydes is 1. The topological polar surface area (TPSA) is 26.3 Å². The van der Waals surface area contributed by atoms with Gasteiger partial charge in [0.1, 0.15) is 12.4 Å². The fourth-order valence-corrected chi connectivity index (χ4v) is 2.36. The first kappa shape index (κ1) is 10.4. The van der Waals surface area contributed by atoms with Crippen molar-refractivity contribution in [3.8, 4) is 5.75 Å². The summed E-state index contributed by atoms with van der Waals surface area (Å²) in [6.07, 6.45) is 0.757. The molecule has 0 atom stereocenters. The second-order valence-corrected chi connectivity index (χ2v) is 4.28. The second kappa shape index (κ2) is 3.90. The molecule has 0 spiro atoms. The predicted molar refractivity (Wildman–Crippen MR) is 68.3 cm³/mol. The van der Waals surface area contributed by atoms with Crippen LogP contribution in [-0.4, -0.2) is 12.9 Å². The van der Waals surface area contributed by atoms with Gasteiger partial charge in [-0.3, -0.25) is 4.79 Å². The van der Waals surface area contributed by atoms with Gasteiger partial charge >= 0.3 is 0 Å². The molecule has 2 nitrogen and oxygen atoms in total. The van der Waals surface area contributed by atoms with Crippen LogP contribution in [0.25, 0.3) is 15.8 Å². The lowest BCUT2D eigenvalue weighted by Gasteiger charge is -2.19. The quantitative estimate of drug-likeness (QED) is 0.719. The van der Waals surface area contributed by atoms with Crippen LogP contribution < -0.4 is 4.74 Å².